The number of allylic oxidation sites excluding steroid dienone is 3. The summed E-state index contributed by atoms with van der Waals surface area (Å²) < 4.78 is 71.7. The van der Waals surface area contributed by atoms with Crippen molar-refractivity contribution in [2.24, 2.45) is 5.16 Å². The molecule has 2 aromatic rings. The van der Waals surface area contributed by atoms with Crippen molar-refractivity contribution in [2.45, 2.75) is 11.3 Å². The van der Waals surface area contributed by atoms with E-state index in [2.05, 4.69) is 10.5 Å². The second-order valence-corrected chi connectivity index (χ2v) is 7.18. The molecular formula is C21H12ClF5N2O2. The van der Waals surface area contributed by atoms with Crippen molar-refractivity contribution >= 4 is 23.2 Å². The van der Waals surface area contributed by atoms with Gasteiger partial charge in [-0.3, -0.25) is 4.79 Å². The van der Waals surface area contributed by atoms with Crippen molar-refractivity contribution in [1.82, 2.24) is 5.32 Å². The minimum absolute atomic E-state index is 0.0103. The van der Waals surface area contributed by atoms with Gasteiger partial charge < -0.3 is 10.2 Å². The summed E-state index contributed by atoms with van der Waals surface area (Å²) in [5, 5.41) is 5.43. The molecule has 4 nitrogen and oxygen atoms in total. The molecule has 0 aromatic heterocycles. The molecule has 1 amide bonds. The number of amides is 1. The van der Waals surface area contributed by atoms with E-state index in [-0.39, 0.29) is 28.1 Å². The average Bonchev–Trinajstić information content (AvgIpc) is 2.88. The van der Waals surface area contributed by atoms with Crippen molar-refractivity contribution in [3.63, 3.8) is 0 Å². The number of fused-ring (bicyclic) bond motifs is 1. The van der Waals surface area contributed by atoms with Gasteiger partial charge in [-0.05, 0) is 17.7 Å². The zero-order valence-corrected chi connectivity index (χ0v) is 16.4. The molecule has 1 aliphatic carbocycles. The van der Waals surface area contributed by atoms with Crippen LogP contribution in [0.3, 0.4) is 0 Å². The van der Waals surface area contributed by atoms with E-state index in [1.54, 1.807) is 0 Å². The van der Waals surface area contributed by atoms with E-state index < -0.39 is 51.9 Å². The van der Waals surface area contributed by atoms with Gasteiger partial charge >= 0.3 is 0 Å². The fourth-order valence-corrected chi connectivity index (χ4v) is 3.96. The fourth-order valence-electron chi connectivity index (χ4n) is 3.73. The van der Waals surface area contributed by atoms with Gasteiger partial charge in [-0.2, -0.15) is 0 Å². The van der Waals surface area contributed by atoms with Crippen LogP contribution in [0.4, 0.5) is 22.0 Å². The Hall–Kier alpha value is -3.20. The predicted molar refractivity (Wildman–Crippen MR) is 102 cm³/mol. The second kappa shape index (κ2) is 7.81. The summed E-state index contributed by atoms with van der Waals surface area (Å²) >= 11 is 6.28. The molecule has 10 heteroatoms. The molecule has 160 valence electrons. The first-order chi connectivity index (χ1) is 14.8. The normalized spacial score (nSPS) is 21.5. The van der Waals surface area contributed by atoms with E-state index in [1.807, 2.05) is 0 Å². The maximum absolute atomic E-state index is 14.9. The van der Waals surface area contributed by atoms with Gasteiger partial charge in [-0.15, -0.1) is 11.6 Å². The second-order valence-electron chi connectivity index (χ2n) is 6.71. The molecule has 0 saturated heterocycles. The number of nitrogens with zero attached hydrogens (tertiary/aromatic N) is 1. The summed E-state index contributed by atoms with van der Waals surface area (Å²) in [6.07, 6.45) is 2.81. The lowest BCUT2D eigenvalue weighted by Crippen LogP contribution is -2.30. The van der Waals surface area contributed by atoms with E-state index >= 15 is 0 Å². The standard InChI is InChI=1S/C21H12ClF5N2O2/c1-31-29-20-10(22)6-7-11-13(20)12(8-4-2-3-5-9(8)21(30)28-11)14-15(23)17(25)19(27)18(26)16(14)24/h2-7,10,12H,1H3,(H,28,30). The maximum atomic E-state index is 14.9. The topological polar surface area (TPSA) is 50.7 Å². The van der Waals surface area contributed by atoms with Gasteiger partial charge in [-0.25, -0.2) is 22.0 Å². The third-order valence-corrected chi connectivity index (χ3v) is 5.39. The van der Waals surface area contributed by atoms with E-state index in [0.29, 0.717) is 0 Å². The summed E-state index contributed by atoms with van der Waals surface area (Å²) in [6.45, 7) is 0. The van der Waals surface area contributed by atoms with Gasteiger partial charge in [0.1, 0.15) is 12.8 Å². The first-order valence-corrected chi connectivity index (χ1v) is 9.31. The lowest BCUT2D eigenvalue weighted by Gasteiger charge is -2.27. The van der Waals surface area contributed by atoms with Crippen LogP contribution in [0.1, 0.15) is 27.4 Å². The molecule has 0 saturated carbocycles. The number of alkyl halides is 1. The van der Waals surface area contributed by atoms with Crippen LogP contribution in [0.2, 0.25) is 0 Å². The molecule has 0 bridgehead atoms. The van der Waals surface area contributed by atoms with Crippen LogP contribution in [-0.4, -0.2) is 24.1 Å². The van der Waals surface area contributed by atoms with Crippen LogP contribution in [-0.2, 0) is 4.84 Å². The summed E-state index contributed by atoms with van der Waals surface area (Å²) in [5.74, 6) is -12.8. The number of oxime groups is 1. The average molecular weight is 455 g/mol. The number of carbonyl (C=O) groups is 1. The van der Waals surface area contributed by atoms with E-state index in [4.69, 9.17) is 16.4 Å². The Morgan fingerprint density at radius 2 is 1.61 bits per heavy atom. The highest BCUT2D eigenvalue weighted by atomic mass is 35.5. The molecule has 0 spiro atoms. The van der Waals surface area contributed by atoms with Crippen LogP contribution < -0.4 is 5.32 Å². The smallest absolute Gasteiger partial charge is 0.255 e. The monoisotopic (exact) mass is 454 g/mol. The number of hydrogen-bond acceptors (Lipinski definition) is 3. The number of carbonyl (C=O) groups excluding carboxylic acids is 1. The van der Waals surface area contributed by atoms with E-state index in [0.717, 1.165) is 0 Å². The molecule has 0 fully saturated rings. The van der Waals surface area contributed by atoms with Crippen molar-refractivity contribution in [3.05, 3.63) is 93.5 Å². The molecule has 4 rings (SSSR count). The minimum atomic E-state index is -2.28. The van der Waals surface area contributed by atoms with Gasteiger partial charge in [-0.1, -0.05) is 29.4 Å². The molecule has 2 atom stereocenters. The predicted octanol–water partition coefficient (Wildman–Crippen LogP) is 4.69. The van der Waals surface area contributed by atoms with Gasteiger partial charge in [0, 0.05) is 28.3 Å². The van der Waals surface area contributed by atoms with E-state index in [1.165, 1.54) is 43.5 Å². The first-order valence-electron chi connectivity index (χ1n) is 8.87. The molecular weight excluding hydrogens is 443 g/mol. The highest BCUT2D eigenvalue weighted by Gasteiger charge is 2.41. The molecule has 2 aliphatic rings. The number of hydrogen-bond donors (Lipinski definition) is 1. The van der Waals surface area contributed by atoms with Crippen molar-refractivity contribution < 1.29 is 31.6 Å². The third kappa shape index (κ3) is 3.20. The Kier molecular flexibility index (Phi) is 5.30. The minimum Gasteiger partial charge on any atom is -0.399 e. The SMILES string of the molecule is CON=C1C2=C(C=CC1Cl)NC(=O)c1ccccc1C2c1c(F)c(F)c(F)c(F)c1F. The number of rotatable bonds is 2. The quantitative estimate of drug-likeness (QED) is 0.235. The highest BCUT2D eigenvalue weighted by Crippen LogP contribution is 2.43. The Bertz CT molecular complexity index is 1180. The van der Waals surface area contributed by atoms with Gasteiger partial charge in [0.2, 0.25) is 5.82 Å². The number of benzene rings is 2. The molecule has 31 heavy (non-hydrogen) atoms. The van der Waals surface area contributed by atoms with Crippen LogP contribution >= 0.6 is 11.6 Å². The summed E-state index contributed by atoms with van der Waals surface area (Å²) in [6, 6.07) is 5.71. The maximum Gasteiger partial charge on any atom is 0.255 e. The Balaban J connectivity index is 2.15. The highest BCUT2D eigenvalue weighted by molar-refractivity contribution is 6.37. The van der Waals surface area contributed by atoms with Crippen LogP contribution in [0.5, 0.6) is 0 Å². The molecule has 1 aliphatic heterocycles. The van der Waals surface area contributed by atoms with Crippen molar-refractivity contribution in [1.29, 1.82) is 0 Å². The van der Waals surface area contributed by atoms with Crippen LogP contribution in [0.15, 0.2) is 52.8 Å². The lowest BCUT2D eigenvalue weighted by atomic mass is 9.78. The largest absolute Gasteiger partial charge is 0.399 e. The van der Waals surface area contributed by atoms with Crippen LogP contribution in [0.25, 0.3) is 0 Å². The van der Waals surface area contributed by atoms with Gasteiger partial charge in [0.15, 0.2) is 23.3 Å². The molecule has 1 heterocycles. The van der Waals surface area contributed by atoms with Crippen molar-refractivity contribution in [2.75, 3.05) is 7.11 Å². The molecule has 0 radical (unpaired) electrons. The number of nitrogens with one attached hydrogen (secondary N) is 1. The zero-order chi connectivity index (χ0) is 22.4. The molecule has 2 aromatic carbocycles. The third-order valence-electron chi connectivity index (χ3n) is 5.03. The van der Waals surface area contributed by atoms with E-state index in [9.17, 15) is 26.7 Å². The van der Waals surface area contributed by atoms with Crippen LogP contribution in [0, 0.1) is 29.1 Å². The number of halogens is 6. The summed E-state index contributed by atoms with van der Waals surface area (Å²) in [7, 11) is 1.20. The molecule has 1 N–H and O–H groups in total. The first kappa shape index (κ1) is 21.0. The fraction of sp³-hybridized carbons (Fsp3) is 0.143. The Morgan fingerprint density at radius 3 is 2.26 bits per heavy atom. The zero-order valence-electron chi connectivity index (χ0n) is 15.7. The van der Waals surface area contributed by atoms with Crippen molar-refractivity contribution in [3.8, 4) is 0 Å². The van der Waals surface area contributed by atoms with Gasteiger partial charge in [0.05, 0.1) is 5.38 Å². The summed E-state index contributed by atoms with van der Waals surface area (Å²) in [4.78, 5) is 17.6. The summed E-state index contributed by atoms with van der Waals surface area (Å²) in [5.41, 5.74) is -1.18. The lowest BCUT2D eigenvalue weighted by molar-refractivity contribution is 0.0967. The van der Waals surface area contributed by atoms with Gasteiger partial charge in [0.25, 0.3) is 5.91 Å². The Labute approximate surface area is 177 Å². The molecule has 2 unspecified atom stereocenters. The Morgan fingerprint density at radius 1 is 1.00 bits per heavy atom.